The maximum atomic E-state index is 13.0. The van der Waals surface area contributed by atoms with Gasteiger partial charge in [-0.1, -0.05) is 60.7 Å². The zero-order valence-corrected chi connectivity index (χ0v) is 20.7. The lowest BCUT2D eigenvalue weighted by Crippen LogP contribution is -2.54. The SMILES string of the molecule is CC(C)(C)OC(=O)NC1(C(=O)N[C@@H](CC(=O)OCc2ccccc2)C(=O)OCc2ccccc2)CC1. The maximum Gasteiger partial charge on any atom is 0.408 e. The average Bonchev–Trinajstić information content (AvgIpc) is 3.61. The zero-order valence-electron chi connectivity index (χ0n) is 20.7. The van der Waals surface area contributed by atoms with E-state index in [0.717, 1.165) is 11.1 Å². The Bertz CT molecular complexity index is 1060. The fourth-order valence-electron chi connectivity index (χ4n) is 3.32. The van der Waals surface area contributed by atoms with Crippen molar-refractivity contribution in [2.45, 2.75) is 70.4 Å². The molecule has 0 aliphatic heterocycles. The molecule has 9 nitrogen and oxygen atoms in total. The summed E-state index contributed by atoms with van der Waals surface area (Å²) in [5, 5.41) is 5.15. The molecule has 3 rings (SSSR count). The van der Waals surface area contributed by atoms with Gasteiger partial charge in [-0.2, -0.15) is 0 Å². The molecule has 0 unspecified atom stereocenters. The van der Waals surface area contributed by atoms with Gasteiger partial charge in [0.15, 0.2) is 0 Å². The lowest BCUT2D eigenvalue weighted by molar-refractivity contribution is -0.155. The lowest BCUT2D eigenvalue weighted by atomic mass is 10.1. The maximum absolute atomic E-state index is 13.0. The Morgan fingerprint density at radius 3 is 1.89 bits per heavy atom. The minimum Gasteiger partial charge on any atom is -0.461 e. The molecule has 1 aliphatic rings. The Balaban J connectivity index is 1.63. The molecule has 0 aromatic heterocycles. The minimum atomic E-state index is -1.29. The van der Waals surface area contributed by atoms with E-state index in [4.69, 9.17) is 14.2 Å². The Hall–Kier alpha value is -3.88. The van der Waals surface area contributed by atoms with Crippen molar-refractivity contribution in [2.75, 3.05) is 0 Å². The van der Waals surface area contributed by atoms with Crippen molar-refractivity contribution in [3.05, 3.63) is 71.8 Å². The first kappa shape index (κ1) is 26.7. The van der Waals surface area contributed by atoms with Gasteiger partial charge in [-0.3, -0.25) is 9.59 Å². The van der Waals surface area contributed by atoms with E-state index in [1.165, 1.54) is 0 Å². The predicted molar refractivity (Wildman–Crippen MR) is 130 cm³/mol. The van der Waals surface area contributed by atoms with E-state index in [-0.39, 0.29) is 13.2 Å². The predicted octanol–water partition coefficient (Wildman–Crippen LogP) is 3.41. The number of nitrogens with one attached hydrogen (secondary N) is 2. The number of carbonyl (C=O) groups is 4. The Morgan fingerprint density at radius 2 is 1.39 bits per heavy atom. The molecular formula is C27H32N2O7. The Labute approximate surface area is 210 Å². The summed E-state index contributed by atoms with van der Waals surface area (Å²) < 4.78 is 15.9. The number of hydrogen-bond acceptors (Lipinski definition) is 7. The van der Waals surface area contributed by atoms with Gasteiger partial charge in [-0.25, -0.2) is 9.59 Å². The molecule has 192 valence electrons. The van der Waals surface area contributed by atoms with Crippen LogP contribution in [-0.4, -0.2) is 41.1 Å². The summed E-state index contributed by atoms with van der Waals surface area (Å²) >= 11 is 0. The molecule has 0 bridgehead atoms. The average molecular weight is 497 g/mol. The van der Waals surface area contributed by atoms with Gasteiger partial charge in [-0.05, 0) is 44.7 Å². The van der Waals surface area contributed by atoms with E-state index in [9.17, 15) is 19.2 Å². The summed E-state index contributed by atoms with van der Waals surface area (Å²) in [4.78, 5) is 50.6. The van der Waals surface area contributed by atoms with Crippen LogP contribution in [0.5, 0.6) is 0 Å². The molecule has 2 N–H and O–H groups in total. The highest BCUT2D eigenvalue weighted by molar-refractivity contribution is 5.96. The normalized spacial score (nSPS) is 14.6. The number of rotatable bonds is 10. The molecule has 0 spiro atoms. The molecule has 9 heteroatoms. The van der Waals surface area contributed by atoms with Crippen molar-refractivity contribution in [2.24, 2.45) is 0 Å². The van der Waals surface area contributed by atoms with Crippen molar-refractivity contribution in [3.8, 4) is 0 Å². The van der Waals surface area contributed by atoms with Crippen molar-refractivity contribution in [3.63, 3.8) is 0 Å². The van der Waals surface area contributed by atoms with Crippen LogP contribution in [0.3, 0.4) is 0 Å². The highest BCUT2D eigenvalue weighted by Gasteiger charge is 2.53. The van der Waals surface area contributed by atoms with Crippen LogP contribution in [-0.2, 0) is 41.8 Å². The first-order valence-corrected chi connectivity index (χ1v) is 11.8. The summed E-state index contributed by atoms with van der Waals surface area (Å²) in [6.07, 6.45) is -0.403. The van der Waals surface area contributed by atoms with Crippen LogP contribution in [0.1, 0.15) is 51.2 Å². The number of esters is 2. The van der Waals surface area contributed by atoms with Crippen LogP contribution in [0.2, 0.25) is 0 Å². The van der Waals surface area contributed by atoms with Gasteiger partial charge in [0.05, 0.1) is 6.42 Å². The fourth-order valence-corrected chi connectivity index (χ4v) is 3.32. The summed E-state index contributed by atoms with van der Waals surface area (Å²) in [5.74, 6) is -2.05. The van der Waals surface area contributed by atoms with Gasteiger partial charge in [0, 0.05) is 0 Å². The van der Waals surface area contributed by atoms with Crippen LogP contribution in [0.4, 0.5) is 4.79 Å². The van der Waals surface area contributed by atoms with E-state index in [1.807, 2.05) is 36.4 Å². The van der Waals surface area contributed by atoms with E-state index in [0.29, 0.717) is 12.8 Å². The van der Waals surface area contributed by atoms with Crippen molar-refractivity contribution < 1.29 is 33.4 Å². The van der Waals surface area contributed by atoms with Gasteiger partial charge < -0.3 is 24.8 Å². The van der Waals surface area contributed by atoms with Crippen LogP contribution in [0.15, 0.2) is 60.7 Å². The second-order valence-electron chi connectivity index (χ2n) is 9.68. The number of alkyl carbamates (subject to hydrolysis) is 1. The molecule has 0 heterocycles. The summed E-state index contributed by atoms with van der Waals surface area (Å²) in [7, 11) is 0. The van der Waals surface area contributed by atoms with E-state index < -0.39 is 47.5 Å². The van der Waals surface area contributed by atoms with E-state index in [2.05, 4.69) is 10.6 Å². The standard InChI is InChI=1S/C27H32N2O7/c1-26(2,3)36-25(33)29-27(14-15-27)24(32)28-21(23(31)35-18-20-12-8-5-9-13-20)16-22(30)34-17-19-10-6-4-7-11-19/h4-13,21H,14-18H2,1-3H3,(H,28,32)(H,29,33)/t21-/m0/s1. The molecule has 2 amide bonds. The fraction of sp³-hybridized carbons (Fsp3) is 0.407. The van der Waals surface area contributed by atoms with Gasteiger partial charge in [0.2, 0.25) is 5.91 Å². The Kier molecular flexibility index (Phi) is 8.68. The summed E-state index contributed by atoms with van der Waals surface area (Å²) in [6.45, 7) is 5.15. The first-order chi connectivity index (χ1) is 17.1. The minimum absolute atomic E-state index is 0.0214. The van der Waals surface area contributed by atoms with Crippen LogP contribution >= 0.6 is 0 Å². The van der Waals surface area contributed by atoms with Crippen LogP contribution in [0.25, 0.3) is 0 Å². The number of benzene rings is 2. The van der Waals surface area contributed by atoms with Gasteiger partial charge >= 0.3 is 18.0 Å². The zero-order chi connectivity index (χ0) is 26.2. The topological polar surface area (TPSA) is 120 Å². The molecular weight excluding hydrogens is 464 g/mol. The number of ether oxygens (including phenoxy) is 3. The third-order valence-electron chi connectivity index (χ3n) is 5.35. The Morgan fingerprint density at radius 1 is 0.861 bits per heavy atom. The smallest absolute Gasteiger partial charge is 0.408 e. The monoisotopic (exact) mass is 496 g/mol. The molecule has 1 atom stereocenters. The van der Waals surface area contributed by atoms with Crippen LogP contribution in [0, 0.1) is 0 Å². The number of hydrogen-bond donors (Lipinski definition) is 2. The lowest BCUT2D eigenvalue weighted by Gasteiger charge is -2.24. The molecule has 0 saturated heterocycles. The molecule has 2 aromatic rings. The first-order valence-electron chi connectivity index (χ1n) is 11.8. The highest BCUT2D eigenvalue weighted by atomic mass is 16.6. The van der Waals surface area contributed by atoms with Crippen LogP contribution < -0.4 is 10.6 Å². The molecule has 0 radical (unpaired) electrons. The molecule has 1 fully saturated rings. The quantitative estimate of drug-likeness (QED) is 0.382. The third kappa shape index (κ3) is 8.41. The second-order valence-corrected chi connectivity index (χ2v) is 9.68. The third-order valence-corrected chi connectivity index (χ3v) is 5.35. The summed E-state index contributed by atoms with van der Waals surface area (Å²) in [6, 6.07) is 16.8. The molecule has 1 saturated carbocycles. The van der Waals surface area contributed by atoms with Crippen molar-refractivity contribution in [1.82, 2.24) is 10.6 Å². The van der Waals surface area contributed by atoms with Gasteiger partial charge in [0.1, 0.15) is 30.4 Å². The van der Waals surface area contributed by atoms with E-state index in [1.54, 1.807) is 45.0 Å². The number of amides is 2. The molecule has 36 heavy (non-hydrogen) atoms. The molecule has 1 aliphatic carbocycles. The van der Waals surface area contributed by atoms with E-state index >= 15 is 0 Å². The molecule has 2 aromatic carbocycles. The van der Waals surface area contributed by atoms with Crippen molar-refractivity contribution in [1.29, 1.82) is 0 Å². The number of carbonyl (C=O) groups excluding carboxylic acids is 4. The van der Waals surface area contributed by atoms with Gasteiger partial charge in [0.25, 0.3) is 0 Å². The van der Waals surface area contributed by atoms with Crippen molar-refractivity contribution >= 4 is 23.9 Å². The second kappa shape index (κ2) is 11.7. The largest absolute Gasteiger partial charge is 0.461 e. The van der Waals surface area contributed by atoms with Gasteiger partial charge in [-0.15, -0.1) is 0 Å². The summed E-state index contributed by atoms with van der Waals surface area (Å²) in [5.41, 5.74) is -0.388. The highest BCUT2D eigenvalue weighted by Crippen LogP contribution is 2.36.